The van der Waals surface area contributed by atoms with E-state index in [0.717, 1.165) is 35.3 Å². The van der Waals surface area contributed by atoms with Crippen molar-refractivity contribution in [3.05, 3.63) is 51.9 Å². The first-order valence-corrected chi connectivity index (χ1v) is 9.08. The summed E-state index contributed by atoms with van der Waals surface area (Å²) in [4.78, 5) is 25.3. The van der Waals surface area contributed by atoms with Crippen molar-refractivity contribution in [2.45, 2.75) is 32.7 Å². The lowest BCUT2D eigenvalue weighted by Crippen LogP contribution is -2.34. The van der Waals surface area contributed by atoms with Crippen molar-refractivity contribution in [1.82, 2.24) is 5.32 Å². The highest BCUT2D eigenvalue weighted by Crippen LogP contribution is 2.39. The Kier molecular flexibility index (Phi) is 5.15. The van der Waals surface area contributed by atoms with Crippen LogP contribution in [0.5, 0.6) is 0 Å². The number of hydrogen-bond donors (Lipinski definition) is 2. The predicted octanol–water partition coefficient (Wildman–Crippen LogP) is 3.00. The molecule has 6 heteroatoms. The summed E-state index contributed by atoms with van der Waals surface area (Å²) in [5, 5.41) is 15.1. The highest BCUT2D eigenvalue weighted by molar-refractivity contribution is 7.16. The van der Waals surface area contributed by atoms with E-state index in [1.54, 1.807) is 0 Å². The van der Waals surface area contributed by atoms with E-state index in [0.29, 0.717) is 16.5 Å². The molecule has 0 aliphatic heterocycles. The molecule has 1 atom stereocenters. The van der Waals surface area contributed by atoms with Gasteiger partial charge in [-0.1, -0.05) is 37.3 Å². The summed E-state index contributed by atoms with van der Waals surface area (Å²) in [6.07, 6.45) is 2.82. The molecule has 1 aromatic carbocycles. The van der Waals surface area contributed by atoms with E-state index in [1.807, 2.05) is 30.3 Å². The molecule has 25 heavy (non-hydrogen) atoms. The lowest BCUT2D eigenvalue weighted by molar-refractivity contribution is -0.136. The van der Waals surface area contributed by atoms with Crippen LogP contribution in [0.25, 0.3) is 0 Å². The number of hydrogen-bond acceptors (Lipinski definition) is 4. The first-order chi connectivity index (χ1) is 12.1. The Morgan fingerprint density at radius 2 is 2.04 bits per heavy atom. The molecule has 0 spiro atoms. The number of thiophene rings is 1. The third kappa shape index (κ3) is 3.89. The van der Waals surface area contributed by atoms with E-state index in [9.17, 15) is 14.9 Å². The summed E-state index contributed by atoms with van der Waals surface area (Å²) in [5.74, 6) is -0.859. The minimum Gasteiger partial charge on any atom is -0.344 e. The molecule has 1 aliphatic rings. The molecular weight excluding hydrogens is 334 g/mol. The van der Waals surface area contributed by atoms with Gasteiger partial charge in [-0.05, 0) is 36.3 Å². The second-order valence-electron chi connectivity index (χ2n) is 6.29. The van der Waals surface area contributed by atoms with Gasteiger partial charge in [0.15, 0.2) is 0 Å². The number of rotatable bonds is 3. The summed E-state index contributed by atoms with van der Waals surface area (Å²) in [6, 6.07) is 11.6. The number of amides is 2. The largest absolute Gasteiger partial charge is 0.344 e. The van der Waals surface area contributed by atoms with E-state index in [4.69, 9.17) is 0 Å². The molecule has 128 valence electrons. The van der Waals surface area contributed by atoms with Crippen molar-refractivity contribution in [2.24, 2.45) is 5.92 Å². The van der Waals surface area contributed by atoms with Crippen LogP contribution in [0, 0.1) is 17.2 Å². The predicted molar refractivity (Wildman–Crippen MR) is 97.1 cm³/mol. The van der Waals surface area contributed by atoms with Crippen molar-refractivity contribution in [3.8, 4) is 6.07 Å². The van der Waals surface area contributed by atoms with Gasteiger partial charge >= 0.3 is 11.8 Å². The minimum atomic E-state index is -0.737. The van der Waals surface area contributed by atoms with Crippen LogP contribution >= 0.6 is 11.3 Å². The molecule has 2 amide bonds. The van der Waals surface area contributed by atoms with Gasteiger partial charge in [-0.25, -0.2) is 0 Å². The zero-order valence-corrected chi connectivity index (χ0v) is 14.8. The average molecular weight is 353 g/mol. The van der Waals surface area contributed by atoms with Crippen LogP contribution in [0.1, 0.15) is 34.9 Å². The Hall–Kier alpha value is -2.65. The molecule has 0 fully saturated rings. The lowest BCUT2D eigenvalue weighted by Gasteiger charge is -2.17. The van der Waals surface area contributed by atoms with Crippen molar-refractivity contribution in [2.75, 3.05) is 5.32 Å². The molecule has 1 aliphatic carbocycles. The van der Waals surface area contributed by atoms with E-state index in [2.05, 4.69) is 23.6 Å². The molecule has 5 nitrogen and oxygen atoms in total. The Morgan fingerprint density at radius 1 is 1.28 bits per heavy atom. The highest BCUT2D eigenvalue weighted by atomic mass is 32.1. The van der Waals surface area contributed by atoms with Crippen LogP contribution in [0.3, 0.4) is 0 Å². The normalized spacial score (nSPS) is 15.8. The van der Waals surface area contributed by atoms with Gasteiger partial charge in [0.25, 0.3) is 0 Å². The maximum atomic E-state index is 12.2. The average Bonchev–Trinajstić information content (AvgIpc) is 2.96. The number of benzene rings is 1. The molecular formula is C19H19N3O2S. The van der Waals surface area contributed by atoms with Gasteiger partial charge in [0.05, 0.1) is 5.56 Å². The molecule has 1 aromatic heterocycles. The van der Waals surface area contributed by atoms with E-state index in [-0.39, 0.29) is 6.54 Å². The fraction of sp³-hybridized carbons (Fsp3) is 0.316. The Balaban J connectivity index is 1.66. The van der Waals surface area contributed by atoms with Crippen LogP contribution in [0.15, 0.2) is 30.3 Å². The number of nitriles is 1. The molecule has 2 aromatic rings. The standard InChI is InChI=1S/C19H19N3O2S/c1-12-7-8-14-15(10-20)19(25-16(14)9-12)22-18(24)17(23)21-11-13-5-3-2-4-6-13/h2-6,12H,7-9,11H2,1H3,(H,21,23)(H,22,24)/t12-/m0/s1. The van der Waals surface area contributed by atoms with Gasteiger partial charge < -0.3 is 10.6 Å². The molecule has 2 N–H and O–H groups in total. The Bertz CT molecular complexity index is 836. The molecule has 0 radical (unpaired) electrons. The van der Waals surface area contributed by atoms with Crippen molar-refractivity contribution < 1.29 is 9.59 Å². The molecule has 0 saturated carbocycles. The van der Waals surface area contributed by atoms with Gasteiger partial charge in [0.2, 0.25) is 0 Å². The van der Waals surface area contributed by atoms with Gasteiger partial charge in [-0.2, -0.15) is 5.26 Å². The molecule has 1 heterocycles. The first-order valence-electron chi connectivity index (χ1n) is 8.26. The SMILES string of the molecule is C[C@H]1CCc2c(sc(NC(=O)C(=O)NCc3ccccc3)c2C#N)C1. The molecule has 0 saturated heterocycles. The lowest BCUT2D eigenvalue weighted by atomic mass is 9.89. The molecule has 0 bridgehead atoms. The van der Waals surface area contributed by atoms with E-state index in [1.165, 1.54) is 11.3 Å². The van der Waals surface area contributed by atoms with Crippen LogP contribution in [-0.4, -0.2) is 11.8 Å². The summed E-state index contributed by atoms with van der Waals surface area (Å²) in [6.45, 7) is 2.47. The minimum absolute atomic E-state index is 0.288. The van der Waals surface area contributed by atoms with Crippen molar-refractivity contribution in [3.63, 3.8) is 0 Å². The number of fused-ring (bicyclic) bond motifs is 1. The monoisotopic (exact) mass is 353 g/mol. The first kappa shape index (κ1) is 17.2. The molecule has 0 unspecified atom stereocenters. The van der Waals surface area contributed by atoms with Crippen molar-refractivity contribution in [1.29, 1.82) is 5.26 Å². The van der Waals surface area contributed by atoms with Gasteiger partial charge in [0, 0.05) is 11.4 Å². The van der Waals surface area contributed by atoms with Gasteiger partial charge in [0.1, 0.15) is 11.1 Å². The fourth-order valence-electron chi connectivity index (χ4n) is 2.98. The van der Waals surface area contributed by atoms with Crippen LogP contribution < -0.4 is 10.6 Å². The summed E-state index contributed by atoms with van der Waals surface area (Å²) in [5.41, 5.74) is 2.46. The van der Waals surface area contributed by atoms with Crippen LogP contribution in [-0.2, 0) is 29.0 Å². The van der Waals surface area contributed by atoms with Crippen LogP contribution in [0.4, 0.5) is 5.00 Å². The summed E-state index contributed by atoms with van der Waals surface area (Å²) in [7, 11) is 0. The molecule has 3 rings (SSSR count). The van der Waals surface area contributed by atoms with E-state index >= 15 is 0 Å². The highest BCUT2D eigenvalue weighted by Gasteiger charge is 2.25. The van der Waals surface area contributed by atoms with Crippen LogP contribution in [0.2, 0.25) is 0 Å². The number of anilines is 1. The topological polar surface area (TPSA) is 82.0 Å². The Morgan fingerprint density at radius 3 is 2.76 bits per heavy atom. The van der Waals surface area contributed by atoms with Gasteiger partial charge in [-0.15, -0.1) is 11.3 Å². The third-order valence-electron chi connectivity index (χ3n) is 4.35. The smallest absolute Gasteiger partial charge is 0.314 e. The summed E-state index contributed by atoms with van der Waals surface area (Å²) >= 11 is 1.42. The zero-order chi connectivity index (χ0) is 17.8. The second-order valence-corrected chi connectivity index (χ2v) is 7.40. The zero-order valence-electron chi connectivity index (χ0n) is 14.0. The maximum absolute atomic E-state index is 12.2. The van der Waals surface area contributed by atoms with Gasteiger partial charge in [-0.3, -0.25) is 9.59 Å². The quantitative estimate of drug-likeness (QED) is 0.832. The maximum Gasteiger partial charge on any atom is 0.314 e. The third-order valence-corrected chi connectivity index (χ3v) is 5.52. The number of carbonyl (C=O) groups excluding carboxylic acids is 2. The van der Waals surface area contributed by atoms with E-state index < -0.39 is 11.8 Å². The fourth-order valence-corrected chi connectivity index (χ4v) is 4.33. The number of nitrogens with one attached hydrogen (secondary N) is 2. The second kappa shape index (κ2) is 7.49. The summed E-state index contributed by atoms with van der Waals surface area (Å²) < 4.78 is 0. The number of carbonyl (C=O) groups is 2. The van der Waals surface area contributed by atoms with Crippen molar-refractivity contribution >= 4 is 28.2 Å². The Labute approximate surface area is 150 Å². The number of nitrogens with zero attached hydrogens (tertiary/aromatic N) is 1.